The second-order valence-electron chi connectivity index (χ2n) is 4.22. The molecule has 1 aliphatic carbocycles. The summed E-state index contributed by atoms with van der Waals surface area (Å²) in [5.74, 6) is 0.569. The Morgan fingerprint density at radius 2 is 2.07 bits per heavy atom. The van der Waals surface area contributed by atoms with E-state index >= 15 is 0 Å². The molecule has 1 unspecified atom stereocenters. The second kappa shape index (κ2) is 5.61. The maximum atomic E-state index is 11.9. The Kier molecular flexibility index (Phi) is 4.73. The Bertz CT molecular complexity index is 250. The van der Waals surface area contributed by atoms with E-state index in [1.807, 2.05) is 0 Å². The van der Waals surface area contributed by atoms with E-state index in [-0.39, 0.29) is 11.3 Å². The minimum Gasteiger partial charge on any atom is -0.355 e. The number of hydrogen-bond donors (Lipinski definition) is 2. The fourth-order valence-electron chi connectivity index (χ4n) is 2.07. The predicted molar refractivity (Wildman–Crippen MR) is 61.9 cm³/mol. The van der Waals surface area contributed by atoms with Crippen molar-refractivity contribution in [3.8, 4) is 0 Å². The van der Waals surface area contributed by atoms with Crippen LogP contribution < -0.4 is 11.1 Å². The minimum atomic E-state index is -0.845. The molecule has 1 atom stereocenters. The van der Waals surface area contributed by atoms with E-state index in [1.54, 1.807) is 6.26 Å². The van der Waals surface area contributed by atoms with E-state index in [0.29, 0.717) is 18.8 Å². The monoisotopic (exact) mass is 232 g/mol. The van der Waals surface area contributed by atoms with Crippen LogP contribution in [0.4, 0.5) is 0 Å². The standard InChI is InChI=1S/C10H20N2O2S/c1-15(14)7-6-12-9(13)10(8-11)4-2-3-5-10/h2-8,11H2,1H3,(H,12,13). The molecule has 1 rings (SSSR count). The van der Waals surface area contributed by atoms with Crippen LogP contribution in [0.15, 0.2) is 0 Å². The third kappa shape index (κ3) is 3.28. The lowest BCUT2D eigenvalue weighted by Gasteiger charge is -2.25. The molecule has 0 radical (unpaired) electrons. The Balaban J connectivity index is 2.40. The average Bonchev–Trinajstić information content (AvgIpc) is 2.66. The third-order valence-corrected chi connectivity index (χ3v) is 3.89. The van der Waals surface area contributed by atoms with E-state index < -0.39 is 10.8 Å². The summed E-state index contributed by atoms with van der Waals surface area (Å²) in [4.78, 5) is 11.9. The van der Waals surface area contributed by atoms with Gasteiger partial charge in [-0.15, -0.1) is 0 Å². The minimum absolute atomic E-state index is 0.0490. The van der Waals surface area contributed by atoms with E-state index in [0.717, 1.165) is 25.7 Å². The molecular formula is C10H20N2O2S. The first kappa shape index (κ1) is 12.6. The topological polar surface area (TPSA) is 72.2 Å². The summed E-state index contributed by atoms with van der Waals surface area (Å²) in [6.07, 6.45) is 5.60. The maximum absolute atomic E-state index is 11.9. The van der Waals surface area contributed by atoms with Gasteiger partial charge in [-0.05, 0) is 12.8 Å². The first-order chi connectivity index (χ1) is 7.10. The number of carbonyl (C=O) groups is 1. The molecule has 88 valence electrons. The molecule has 0 aromatic rings. The first-order valence-electron chi connectivity index (χ1n) is 5.39. The highest BCUT2D eigenvalue weighted by molar-refractivity contribution is 7.84. The van der Waals surface area contributed by atoms with Crippen LogP contribution in [0.25, 0.3) is 0 Å². The lowest BCUT2D eigenvalue weighted by Crippen LogP contribution is -2.45. The first-order valence-corrected chi connectivity index (χ1v) is 7.12. The zero-order valence-electron chi connectivity index (χ0n) is 9.25. The van der Waals surface area contributed by atoms with Crippen LogP contribution in [0.5, 0.6) is 0 Å². The van der Waals surface area contributed by atoms with Crippen molar-refractivity contribution >= 4 is 16.7 Å². The number of rotatable bonds is 5. The summed E-state index contributed by atoms with van der Waals surface area (Å²) in [7, 11) is -0.845. The van der Waals surface area contributed by atoms with Gasteiger partial charge in [0.1, 0.15) is 0 Å². The van der Waals surface area contributed by atoms with Crippen LogP contribution in [-0.4, -0.2) is 35.2 Å². The molecule has 0 aromatic carbocycles. The van der Waals surface area contributed by atoms with Crippen molar-refractivity contribution in [2.75, 3.05) is 25.1 Å². The fraction of sp³-hybridized carbons (Fsp3) is 0.900. The predicted octanol–water partition coefficient (Wildman–Crippen LogP) is 0.000200. The molecular weight excluding hydrogens is 212 g/mol. The highest BCUT2D eigenvalue weighted by Gasteiger charge is 2.39. The van der Waals surface area contributed by atoms with Crippen LogP contribution in [0.2, 0.25) is 0 Å². The van der Waals surface area contributed by atoms with Crippen LogP contribution in [0, 0.1) is 5.41 Å². The Hall–Kier alpha value is -0.420. The molecule has 1 fully saturated rings. The summed E-state index contributed by atoms with van der Waals surface area (Å²) in [5.41, 5.74) is 5.34. The number of carbonyl (C=O) groups excluding carboxylic acids is 1. The summed E-state index contributed by atoms with van der Waals surface area (Å²) in [6.45, 7) is 0.914. The van der Waals surface area contributed by atoms with E-state index in [1.165, 1.54) is 0 Å². The van der Waals surface area contributed by atoms with Crippen molar-refractivity contribution in [1.82, 2.24) is 5.32 Å². The molecule has 1 saturated carbocycles. The normalized spacial score (nSPS) is 21.2. The molecule has 0 heterocycles. The van der Waals surface area contributed by atoms with Crippen LogP contribution >= 0.6 is 0 Å². The van der Waals surface area contributed by atoms with Gasteiger partial charge in [0.2, 0.25) is 5.91 Å². The quantitative estimate of drug-likeness (QED) is 0.701. The van der Waals surface area contributed by atoms with Crippen molar-refractivity contribution in [3.05, 3.63) is 0 Å². The summed E-state index contributed by atoms with van der Waals surface area (Å²) >= 11 is 0. The maximum Gasteiger partial charge on any atom is 0.227 e. The Morgan fingerprint density at radius 3 is 2.53 bits per heavy atom. The summed E-state index contributed by atoms with van der Waals surface area (Å²) in [5, 5.41) is 2.84. The number of nitrogens with two attached hydrogens (primary N) is 1. The third-order valence-electron chi connectivity index (χ3n) is 3.11. The molecule has 0 saturated heterocycles. The van der Waals surface area contributed by atoms with Crippen molar-refractivity contribution in [2.45, 2.75) is 25.7 Å². The van der Waals surface area contributed by atoms with Gasteiger partial charge in [-0.1, -0.05) is 12.8 Å². The van der Waals surface area contributed by atoms with Crippen molar-refractivity contribution in [2.24, 2.45) is 11.1 Å². The second-order valence-corrected chi connectivity index (χ2v) is 5.78. The average molecular weight is 232 g/mol. The Morgan fingerprint density at radius 1 is 1.47 bits per heavy atom. The van der Waals surface area contributed by atoms with Crippen molar-refractivity contribution in [3.63, 3.8) is 0 Å². The Labute approximate surface area is 93.4 Å². The number of nitrogens with one attached hydrogen (secondary N) is 1. The van der Waals surface area contributed by atoms with Gasteiger partial charge in [0.05, 0.1) is 5.41 Å². The number of amides is 1. The highest BCUT2D eigenvalue weighted by atomic mass is 32.2. The van der Waals surface area contributed by atoms with Crippen LogP contribution in [-0.2, 0) is 15.6 Å². The molecule has 0 aliphatic heterocycles. The highest BCUT2D eigenvalue weighted by Crippen LogP contribution is 2.37. The van der Waals surface area contributed by atoms with Crippen molar-refractivity contribution in [1.29, 1.82) is 0 Å². The van der Waals surface area contributed by atoms with Gasteiger partial charge in [-0.2, -0.15) is 0 Å². The zero-order valence-corrected chi connectivity index (χ0v) is 10.1. The van der Waals surface area contributed by atoms with Crippen LogP contribution in [0.3, 0.4) is 0 Å². The molecule has 4 nitrogen and oxygen atoms in total. The molecule has 3 N–H and O–H groups in total. The van der Waals surface area contributed by atoms with E-state index in [4.69, 9.17) is 5.73 Å². The van der Waals surface area contributed by atoms with Gasteiger partial charge in [0.15, 0.2) is 0 Å². The van der Waals surface area contributed by atoms with E-state index in [2.05, 4.69) is 5.32 Å². The largest absolute Gasteiger partial charge is 0.355 e. The van der Waals surface area contributed by atoms with Crippen LogP contribution in [0.1, 0.15) is 25.7 Å². The van der Waals surface area contributed by atoms with Gasteiger partial charge < -0.3 is 11.1 Å². The van der Waals surface area contributed by atoms with Gasteiger partial charge >= 0.3 is 0 Å². The van der Waals surface area contributed by atoms with Gasteiger partial charge in [-0.3, -0.25) is 9.00 Å². The molecule has 1 aliphatic rings. The number of hydrogen-bond acceptors (Lipinski definition) is 3. The SMILES string of the molecule is CS(=O)CCNC(=O)C1(CN)CCCC1. The molecule has 15 heavy (non-hydrogen) atoms. The van der Waals surface area contributed by atoms with E-state index in [9.17, 15) is 9.00 Å². The summed E-state index contributed by atoms with van der Waals surface area (Å²) in [6, 6.07) is 0. The smallest absolute Gasteiger partial charge is 0.227 e. The summed E-state index contributed by atoms with van der Waals surface area (Å²) < 4.78 is 10.8. The van der Waals surface area contributed by atoms with Gasteiger partial charge in [0.25, 0.3) is 0 Å². The van der Waals surface area contributed by atoms with Gasteiger partial charge in [-0.25, -0.2) is 0 Å². The molecule has 5 heteroatoms. The van der Waals surface area contributed by atoms with Crippen molar-refractivity contribution < 1.29 is 9.00 Å². The molecule has 0 spiro atoms. The lowest BCUT2D eigenvalue weighted by molar-refractivity contribution is -0.130. The fourth-order valence-corrected chi connectivity index (χ4v) is 2.46. The molecule has 0 aromatic heterocycles. The molecule has 0 bridgehead atoms. The zero-order chi connectivity index (χ0) is 11.3. The molecule has 1 amide bonds. The lowest BCUT2D eigenvalue weighted by atomic mass is 9.85. The van der Waals surface area contributed by atoms with Gasteiger partial charge in [0, 0.05) is 35.9 Å².